The highest BCUT2D eigenvalue weighted by atomic mass is 79.9. The summed E-state index contributed by atoms with van der Waals surface area (Å²) in [5.74, 6) is -0.541. The molecule has 0 radical (unpaired) electrons. The van der Waals surface area contributed by atoms with E-state index in [1.54, 1.807) is 18.2 Å². The van der Waals surface area contributed by atoms with Crippen molar-refractivity contribution in [1.82, 2.24) is 5.32 Å². The van der Waals surface area contributed by atoms with Crippen molar-refractivity contribution in [2.24, 2.45) is 0 Å². The molecule has 3 rings (SSSR count). The maximum Gasteiger partial charge on any atom is 0.319 e. The number of urea groups is 1. The maximum atomic E-state index is 13.3. The number of halogens is 2. The first-order valence-electron chi connectivity index (χ1n) is 7.82. The van der Waals surface area contributed by atoms with E-state index in [1.807, 2.05) is 19.1 Å². The lowest BCUT2D eigenvalue weighted by Crippen LogP contribution is -2.39. The molecule has 0 unspecified atom stereocenters. The van der Waals surface area contributed by atoms with Crippen molar-refractivity contribution in [3.05, 3.63) is 58.3 Å². The first kappa shape index (κ1) is 17.4. The second kappa shape index (κ2) is 7.23. The molecule has 0 aromatic heterocycles. The minimum atomic E-state index is -0.398. The van der Waals surface area contributed by atoms with Gasteiger partial charge in [-0.1, -0.05) is 22.0 Å². The first-order valence-corrected chi connectivity index (χ1v) is 8.61. The molecule has 130 valence electrons. The van der Waals surface area contributed by atoms with Crippen LogP contribution in [0.3, 0.4) is 0 Å². The quantitative estimate of drug-likeness (QED) is 0.814. The number of amides is 3. The van der Waals surface area contributed by atoms with Gasteiger partial charge in [0.15, 0.2) is 0 Å². The Kier molecular flexibility index (Phi) is 5.03. The number of rotatable bonds is 3. The van der Waals surface area contributed by atoms with Crippen molar-refractivity contribution < 1.29 is 14.0 Å². The molecular weight excluding hydrogens is 389 g/mol. The SMILES string of the molecule is Cc1cc(Br)ccc1NC(=O)N[C@H]1CC(=O)N(c2cccc(F)c2)C1. The van der Waals surface area contributed by atoms with Crippen molar-refractivity contribution >= 4 is 39.2 Å². The smallest absolute Gasteiger partial charge is 0.319 e. The second-order valence-electron chi connectivity index (χ2n) is 5.94. The van der Waals surface area contributed by atoms with Crippen LogP contribution in [0.15, 0.2) is 46.9 Å². The van der Waals surface area contributed by atoms with Crippen LogP contribution < -0.4 is 15.5 Å². The van der Waals surface area contributed by atoms with Crippen LogP contribution in [0.1, 0.15) is 12.0 Å². The third kappa shape index (κ3) is 4.17. The molecular formula is C18H17BrFN3O2. The summed E-state index contributed by atoms with van der Waals surface area (Å²) in [6.07, 6.45) is 0.184. The first-order chi connectivity index (χ1) is 11.9. The molecule has 25 heavy (non-hydrogen) atoms. The fraction of sp³-hybridized carbons (Fsp3) is 0.222. The molecule has 1 aliphatic rings. The van der Waals surface area contributed by atoms with Crippen molar-refractivity contribution in [1.29, 1.82) is 0 Å². The summed E-state index contributed by atoms with van der Waals surface area (Å²) in [6.45, 7) is 2.21. The molecule has 2 N–H and O–H groups in total. The summed E-state index contributed by atoms with van der Waals surface area (Å²) in [6, 6.07) is 10.7. The molecule has 0 bridgehead atoms. The van der Waals surface area contributed by atoms with E-state index in [4.69, 9.17) is 0 Å². The van der Waals surface area contributed by atoms with Crippen LogP contribution in [-0.2, 0) is 4.79 Å². The van der Waals surface area contributed by atoms with Crippen LogP contribution in [0, 0.1) is 12.7 Å². The van der Waals surface area contributed by atoms with Gasteiger partial charge in [0.05, 0.1) is 6.04 Å². The maximum absolute atomic E-state index is 13.3. The molecule has 0 spiro atoms. The molecule has 7 heteroatoms. The van der Waals surface area contributed by atoms with Gasteiger partial charge in [-0.15, -0.1) is 0 Å². The second-order valence-corrected chi connectivity index (χ2v) is 6.86. The highest BCUT2D eigenvalue weighted by molar-refractivity contribution is 9.10. The molecule has 0 aliphatic carbocycles. The number of nitrogens with zero attached hydrogens (tertiary/aromatic N) is 1. The van der Waals surface area contributed by atoms with Crippen LogP contribution >= 0.6 is 15.9 Å². The Morgan fingerprint density at radius 1 is 1.28 bits per heavy atom. The van der Waals surface area contributed by atoms with Crippen molar-refractivity contribution in [3.8, 4) is 0 Å². The van der Waals surface area contributed by atoms with E-state index in [-0.39, 0.29) is 24.4 Å². The summed E-state index contributed by atoms with van der Waals surface area (Å²) in [5.41, 5.74) is 2.12. The van der Waals surface area contributed by atoms with E-state index in [0.29, 0.717) is 17.9 Å². The van der Waals surface area contributed by atoms with Gasteiger partial charge in [0.2, 0.25) is 5.91 Å². The van der Waals surface area contributed by atoms with Crippen LogP contribution in [0.5, 0.6) is 0 Å². The van der Waals surface area contributed by atoms with Gasteiger partial charge < -0.3 is 15.5 Å². The summed E-state index contributed by atoms with van der Waals surface area (Å²) < 4.78 is 14.3. The van der Waals surface area contributed by atoms with Gasteiger partial charge in [-0.2, -0.15) is 0 Å². The number of hydrogen-bond acceptors (Lipinski definition) is 2. The molecule has 1 saturated heterocycles. The molecule has 5 nitrogen and oxygen atoms in total. The number of aryl methyl sites for hydroxylation is 1. The predicted octanol–water partition coefficient (Wildman–Crippen LogP) is 3.82. The third-order valence-electron chi connectivity index (χ3n) is 4.02. The standard InChI is InChI=1S/C18H17BrFN3O2/c1-11-7-12(19)5-6-16(11)22-18(25)21-14-9-17(24)23(10-14)15-4-2-3-13(20)8-15/h2-8,14H,9-10H2,1H3,(H2,21,22,25)/t14-/m0/s1. The topological polar surface area (TPSA) is 61.4 Å². The van der Waals surface area contributed by atoms with E-state index >= 15 is 0 Å². The monoisotopic (exact) mass is 405 g/mol. The van der Waals surface area contributed by atoms with E-state index in [1.165, 1.54) is 17.0 Å². The summed E-state index contributed by atoms with van der Waals surface area (Å²) in [7, 11) is 0. The lowest BCUT2D eigenvalue weighted by atomic mass is 10.2. The molecule has 3 amide bonds. The van der Waals surface area contributed by atoms with Crippen molar-refractivity contribution in [3.63, 3.8) is 0 Å². The van der Waals surface area contributed by atoms with Gasteiger partial charge in [0.1, 0.15) is 5.82 Å². The Morgan fingerprint density at radius 3 is 2.80 bits per heavy atom. The summed E-state index contributed by atoms with van der Waals surface area (Å²) >= 11 is 3.38. The fourth-order valence-electron chi connectivity index (χ4n) is 2.81. The molecule has 0 saturated carbocycles. The third-order valence-corrected chi connectivity index (χ3v) is 4.51. The summed E-state index contributed by atoms with van der Waals surface area (Å²) in [5, 5.41) is 5.58. The Morgan fingerprint density at radius 2 is 2.08 bits per heavy atom. The molecule has 1 atom stereocenters. The van der Waals surface area contributed by atoms with Crippen molar-refractivity contribution in [2.45, 2.75) is 19.4 Å². The number of carbonyl (C=O) groups is 2. The van der Waals surface area contributed by atoms with Gasteiger partial charge >= 0.3 is 6.03 Å². The van der Waals surface area contributed by atoms with Crippen LogP contribution in [0.4, 0.5) is 20.6 Å². The average molecular weight is 406 g/mol. The van der Waals surface area contributed by atoms with Crippen LogP contribution in [-0.4, -0.2) is 24.5 Å². The number of benzene rings is 2. The van der Waals surface area contributed by atoms with E-state index in [0.717, 1.165) is 10.0 Å². The molecule has 1 aliphatic heterocycles. The van der Waals surface area contributed by atoms with Gasteiger partial charge in [-0.3, -0.25) is 4.79 Å². The predicted molar refractivity (Wildman–Crippen MR) is 98.2 cm³/mol. The number of nitrogens with one attached hydrogen (secondary N) is 2. The minimum Gasteiger partial charge on any atom is -0.333 e. The van der Waals surface area contributed by atoms with E-state index < -0.39 is 5.82 Å². The zero-order valence-corrected chi connectivity index (χ0v) is 15.1. The Hall–Kier alpha value is -2.41. The van der Waals surface area contributed by atoms with E-state index in [2.05, 4.69) is 26.6 Å². The van der Waals surface area contributed by atoms with Crippen LogP contribution in [0.25, 0.3) is 0 Å². The number of carbonyl (C=O) groups excluding carboxylic acids is 2. The van der Waals surface area contributed by atoms with Crippen LogP contribution in [0.2, 0.25) is 0 Å². The van der Waals surface area contributed by atoms with Gasteiger partial charge in [-0.25, -0.2) is 9.18 Å². The largest absolute Gasteiger partial charge is 0.333 e. The normalized spacial score (nSPS) is 16.8. The average Bonchev–Trinajstić information content (AvgIpc) is 2.90. The zero-order valence-electron chi connectivity index (χ0n) is 13.6. The molecule has 1 fully saturated rings. The highest BCUT2D eigenvalue weighted by Gasteiger charge is 2.31. The lowest BCUT2D eigenvalue weighted by molar-refractivity contribution is -0.117. The highest BCUT2D eigenvalue weighted by Crippen LogP contribution is 2.23. The fourth-order valence-corrected chi connectivity index (χ4v) is 3.28. The minimum absolute atomic E-state index is 0.143. The summed E-state index contributed by atoms with van der Waals surface area (Å²) in [4.78, 5) is 25.8. The van der Waals surface area contributed by atoms with Gasteiger partial charge in [0.25, 0.3) is 0 Å². The lowest BCUT2D eigenvalue weighted by Gasteiger charge is -2.17. The molecule has 2 aromatic rings. The van der Waals surface area contributed by atoms with E-state index in [9.17, 15) is 14.0 Å². The Balaban J connectivity index is 1.62. The Bertz CT molecular complexity index is 828. The number of anilines is 2. The Labute approximate surface area is 153 Å². The zero-order chi connectivity index (χ0) is 18.0. The molecule has 1 heterocycles. The van der Waals surface area contributed by atoms with Crippen molar-refractivity contribution in [2.75, 3.05) is 16.8 Å². The van der Waals surface area contributed by atoms with Gasteiger partial charge in [0, 0.05) is 28.8 Å². The molecule has 2 aromatic carbocycles. The number of hydrogen-bond donors (Lipinski definition) is 2. The van der Waals surface area contributed by atoms with Gasteiger partial charge in [-0.05, 0) is 48.9 Å².